The van der Waals surface area contributed by atoms with Crippen LogP contribution in [-0.4, -0.2) is 4.57 Å². The Morgan fingerprint density at radius 3 is 1.33 bits per heavy atom. The quantitative estimate of drug-likeness (QED) is 0.153. The van der Waals surface area contributed by atoms with E-state index < -0.39 is 0 Å². The smallest absolute Gasteiger partial charge is 0.136 e. The van der Waals surface area contributed by atoms with Crippen molar-refractivity contribution in [3.63, 3.8) is 0 Å². The topological polar surface area (TPSA) is 21.3 Å². The number of benzene rings is 10. The van der Waals surface area contributed by atoms with E-state index in [0.29, 0.717) is 0 Å². The number of hydrogen-bond acceptors (Lipinski definition) is 2. The molecule has 3 heteroatoms. The molecule has 63 heavy (non-hydrogen) atoms. The van der Waals surface area contributed by atoms with Crippen LogP contribution in [0.5, 0.6) is 0 Å². The molecule has 0 saturated carbocycles. The van der Waals surface area contributed by atoms with Crippen molar-refractivity contribution < 1.29 is 4.42 Å². The van der Waals surface area contributed by atoms with Gasteiger partial charge in [-0.1, -0.05) is 170 Å². The van der Waals surface area contributed by atoms with Gasteiger partial charge in [-0.15, -0.1) is 0 Å². The number of rotatable bonds is 8. The van der Waals surface area contributed by atoms with Crippen LogP contribution in [0.4, 0.5) is 17.1 Å². The van der Waals surface area contributed by atoms with Crippen LogP contribution in [-0.2, 0) is 0 Å². The number of anilines is 3. The molecule has 0 aliphatic rings. The number of hydrogen-bond donors (Lipinski definition) is 0. The summed E-state index contributed by atoms with van der Waals surface area (Å²) in [5.41, 5.74) is 18.0. The van der Waals surface area contributed by atoms with Crippen LogP contribution >= 0.6 is 0 Å². The van der Waals surface area contributed by atoms with E-state index in [1.54, 1.807) is 0 Å². The maximum Gasteiger partial charge on any atom is 0.136 e. The fourth-order valence-corrected chi connectivity index (χ4v) is 9.43. The minimum atomic E-state index is 0.896. The first kappa shape index (κ1) is 36.5. The summed E-state index contributed by atoms with van der Waals surface area (Å²) in [5, 5.41) is 4.78. The molecule has 0 aliphatic carbocycles. The highest BCUT2D eigenvalue weighted by Crippen LogP contribution is 2.41. The molecule has 0 N–H and O–H groups in total. The van der Waals surface area contributed by atoms with Crippen LogP contribution in [0.25, 0.3) is 93.9 Å². The average Bonchev–Trinajstić information content (AvgIpc) is 3.90. The SMILES string of the molecule is c1ccc(-c2ccccc2-c2ccc(N(c3ccc(-c4ccc5c(c4)oc4ccccc45)cc3)c3ccc(-c4ccccc4-n4c5ccccc5c5ccccc54)cc3)cc2)cc1. The van der Waals surface area contributed by atoms with Gasteiger partial charge in [-0.2, -0.15) is 0 Å². The van der Waals surface area contributed by atoms with Crippen molar-refractivity contribution >= 4 is 60.8 Å². The lowest BCUT2D eigenvalue weighted by Gasteiger charge is -2.26. The minimum absolute atomic E-state index is 0.896. The van der Waals surface area contributed by atoms with E-state index in [4.69, 9.17) is 4.42 Å². The van der Waals surface area contributed by atoms with Crippen LogP contribution in [0.1, 0.15) is 0 Å². The second-order valence-electron chi connectivity index (χ2n) is 16.1. The monoisotopic (exact) mass is 804 g/mol. The third-order valence-corrected chi connectivity index (χ3v) is 12.4. The van der Waals surface area contributed by atoms with Gasteiger partial charge in [-0.25, -0.2) is 0 Å². The Labute approximate surface area is 366 Å². The highest BCUT2D eigenvalue weighted by molar-refractivity contribution is 6.10. The van der Waals surface area contributed by atoms with Gasteiger partial charge in [0.1, 0.15) is 11.2 Å². The first-order valence-corrected chi connectivity index (χ1v) is 21.5. The summed E-state index contributed by atoms with van der Waals surface area (Å²) < 4.78 is 8.67. The third kappa shape index (κ3) is 6.38. The highest BCUT2D eigenvalue weighted by Gasteiger charge is 2.18. The number of para-hydroxylation sites is 4. The lowest BCUT2D eigenvalue weighted by Crippen LogP contribution is -2.10. The lowest BCUT2D eigenvalue weighted by atomic mass is 9.94. The van der Waals surface area contributed by atoms with Gasteiger partial charge in [-0.3, -0.25) is 0 Å². The summed E-state index contributed by atoms with van der Waals surface area (Å²) in [7, 11) is 0. The van der Waals surface area contributed by atoms with E-state index in [-0.39, 0.29) is 0 Å². The van der Waals surface area contributed by atoms with E-state index in [0.717, 1.165) is 61.4 Å². The van der Waals surface area contributed by atoms with Gasteiger partial charge in [0.2, 0.25) is 0 Å². The van der Waals surface area contributed by atoms with Crippen molar-refractivity contribution in [3.05, 3.63) is 243 Å². The third-order valence-electron chi connectivity index (χ3n) is 12.4. The second kappa shape index (κ2) is 15.3. The molecule has 2 heterocycles. The molecular weight excluding hydrogens is 765 g/mol. The molecule has 12 rings (SSSR count). The molecule has 0 saturated heterocycles. The molecule has 0 bridgehead atoms. The molecule has 0 atom stereocenters. The molecule has 0 unspecified atom stereocenters. The summed E-state index contributed by atoms with van der Waals surface area (Å²) in [6.07, 6.45) is 0. The lowest BCUT2D eigenvalue weighted by molar-refractivity contribution is 0.669. The van der Waals surface area contributed by atoms with Crippen molar-refractivity contribution in [1.29, 1.82) is 0 Å². The largest absolute Gasteiger partial charge is 0.456 e. The van der Waals surface area contributed by atoms with Crippen molar-refractivity contribution in [1.82, 2.24) is 4.57 Å². The van der Waals surface area contributed by atoms with Gasteiger partial charge in [0.15, 0.2) is 0 Å². The Balaban J connectivity index is 0.942. The van der Waals surface area contributed by atoms with E-state index >= 15 is 0 Å². The van der Waals surface area contributed by atoms with E-state index in [1.807, 2.05) is 12.1 Å². The molecule has 0 radical (unpaired) electrons. The summed E-state index contributed by atoms with van der Waals surface area (Å²) in [6, 6.07) is 87.1. The Bertz CT molecular complexity index is 3550. The predicted octanol–water partition coefficient (Wildman–Crippen LogP) is 16.8. The molecule has 0 aliphatic heterocycles. The minimum Gasteiger partial charge on any atom is -0.456 e. The summed E-state index contributed by atoms with van der Waals surface area (Å²) in [5.74, 6) is 0. The molecule has 12 aromatic rings. The van der Waals surface area contributed by atoms with Crippen LogP contribution in [0, 0.1) is 0 Å². The summed E-state index contributed by atoms with van der Waals surface area (Å²) >= 11 is 0. The van der Waals surface area contributed by atoms with Gasteiger partial charge in [-0.05, 0) is 112 Å². The Morgan fingerprint density at radius 2 is 0.714 bits per heavy atom. The van der Waals surface area contributed by atoms with Gasteiger partial charge >= 0.3 is 0 Å². The Kier molecular flexibility index (Phi) is 8.83. The second-order valence-corrected chi connectivity index (χ2v) is 16.1. The zero-order valence-corrected chi connectivity index (χ0v) is 34.4. The van der Waals surface area contributed by atoms with Gasteiger partial charge in [0, 0.05) is 44.2 Å². The van der Waals surface area contributed by atoms with Crippen molar-refractivity contribution in [3.8, 4) is 50.2 Å². The predicted molar refractivity (Wildman–Crippen MR) is 264 cm³/mol. The van der Waals surface area contributed by atoms with Gasteiger partial charge in [0.05, 0.1) is 16.7 Å². The number of fused-ring (bicyclic) bond motifs is 6. The van der Waals surface area contributed by atoms with Crippen molar-refractivity contribution in [2.24, 2.45) is 0 Å². The number of nitrogens with zero attached hydrogens (tertiary/aromatic N) is 2. The fourth-order valence-electron chi connectivity index (χ4n) is 9.43. The average molecular weight is 805 g/mol. The van der Waals surface area contributed by atoms with Crippen molar-refractivity contribution in [2.45, 2.75) is 0 Å². The normalized spacial score (nSPS) is 11.5. The molecule has 0 spiro atoms. The maximum atomic E-state index is 6.26. The molecule has 10 aromatic carbocycles. The zero-order chi connectivity index (χ0) is 41.7. The van der Waals surface area contributed by atoms with E-state index in [1.165, 1.54) is 49.6 Å². The molecular formula is C60H40N2O. The first-order chi connectivity index (χ1) is 31.2. The highest BCUT2D eigenvalue weighted by atomic mass is 16.3. The molecule has 3 nitrogen and oxygen atoms in total. The van der Waals surface area contributed by atoms with Crippen LogP contribution in [0.2, 0.25) is 0 Å². The first-order valence-electron chi connectivity index (χ1n) is 21.5. The van der Waals surface area contributed by atoms with Crippen LogP contribution in [0.3, 0.4) is 0 Å². The Morgan fingerprint density at radius 1 is 0.286 bits per heavy atom. The molecule has 296 valence electrons. The molecule has 0 amide bonds. The standard InChI is InChI=1S/C60H40N2O/c1-2-14-42(15-3-1)49-16-4-5-17-50(49)43-28-35-47(36-29-43)61(46-33-26-41(27-34-46)45-32-39-55-54-21-9-13-25-59(54)63-60(55)40-45)48-37-30-44(31-38-48)51-18-6-10-22-56(51)62-57-23-11-7-19-52(57)53-20-8-12-24-58(53)62/h1-40H. The van der Waals surface area contributed by atoms with Crippen molar-refractivity contribution in [2.75, 3.05) is 4.90 Å². The summed E-state index contributed by atoms with van der Waals surface area (Å²) in [4.78, 5) is 2.35. The maximum absolute atomic E-state index is 6.26. The van der Waals surface area contributed by atoms with Gasteiger partial charge < -0.3 is 13.9 Å². The summed E-state index contributed by atoms with van der Waals surface area (Å²) in [6.45, 7) is 0. The van der Waals surface area contributed by atoms with Gasteiger partial charge in [0.25, 0.3) is 0 Å². The fraction of sp³-hybridized carbons (Fsp3) is 0. The molecule has 0 fully saturated rings. The van der Waals surface area contributed by atoms with Crippen LogP contribution in [0.15, 0.2) is 247 Å². The number of furan rings is 1. The van der Waals surface area contributed by atoms with Crippen LogP contribution < -0.4 is 4.90 Å². The zero-order valence-electron chi connectivity index (χ0n) is 34.4. The Hall–Kier alpha value is -8.40. The number of aromatic nitrogens is 1. The van der Waals surface area contributed by atoms with E-state index in [9.17, 15) is 0 Å². The van der Waals surface area contributed by atoms with E-state index in [2.05, 4.69) is 240 Å². The molecule has 2 aromatic heterocycles.